The van der Waals surface area contributed by atoms with Crippen molar-refractivity contribution in [2.45, 2.75) is 10.9 Å². The number of hydrogen-bond acceptors (Lipinski definition) is 4. The summed E-state index contributed by atoms with van der Waals surface area (Å²) in [6, 6.07) is 14.3. The van der Waals surface area contributed by atoms with Crippen LogP contribution in [-0.4, -0.2) is 51.4 Å². The van der Waals surface area contributed by atoms with Gasteiger partial charge in [0, 0.05) is 25.7 Å². The molecule has 0 saturated carbocycles. The molecule has 7 heteroatoms. The Morgan fingerprint density at radius 3 is 2.60 bits per heavy atom. The Labute approximate surface area is 153 Å². The first-order chi connectivity index (χ1) is 11.9. The summed E-state index contributed by atoms with van der Waals surface area (Å²) in [4.78, 5) is 2.32. The van der Waals surface area contributed by atoms with E-state index in [2.05, 4.69) is 4.90 Å². The molecule has 1 saturated heterocycles. The summed E-state index contributed by atoms with van der Waals surface area (Å²) in [6.45, 7) is 1.45. The highest BCUT2D eigenvalue weighted by Crippen LogP contribution is 2.31. The number of piperazine rings is 1. The van der Waals surface area contributed by atoms with Gasteiger partial charge in [0.1, 0.15) is 10.6 Å². The van der Waals surface area contributed by atoms with E-state index in [0.29, 0.717) is 19.6 Å². The second-order valence-corrected chi connectivity index (χ2v) is 8.38. The average Bonchev–Trinajstić information content (AvgIpc) is 2.62. The Morgan fingerprint density at radius 2 is 1.88 bits per heavy atom. The predicted octanol–water partition coefficient (Wildman–Crippen LogP) is 3.03. The zero-order valence-electron chi connectivity index (χ0n) is 14.2. The fourth-order valence-electron chi connectivity index (χ4n) is 3.07. The first kappa shape index (κ1) is 18.2. The number of halogens is 1. The number of sulfonamides is 1. The van der Waals surface area contributed by atoms with Crippen molar-refractivity contribution in [1.29, 1.82) is 0 Å². The lowest BCUT2D eigenvalue weighted by Gasteiger charge is -2.39. The molecule has 1 aliphatic rings. The standard InChI is InChI=1S/C18H21ClN2O3S/c1-20-10-11-21(25(22,23)18-9-4-3-8-16(18)19)13-17(20)14-6-5-7-15(12-14)24-2/h3-9,12,17H,10-11,13H2,1-2H3. The molecule has 0 amide bonds. The van der Waals surface area contributed by atoms with Crippen LogP contribution in [0.25, 0.3) is 0 Å². The van der Waals surface area contributed by atoms with Crippen LogP contribution in [0.2, 0.25) is 5.02 Å². The third-order valence-electron chi connectivity index (χ3n) is 4.54. The molecule has 0 aliphatic carbocycles. The number of methoxy groups -OCH3 is 1. The summed E-state index contributed by atoms with van der Waals surface area (Å²) < 4.78 is 32.8. The van der Waals surface area contributed by atoms with E-state index in [0.717, 1.165) is 11.3 Å². The summed E-state index contributed by atoms with van der Waals surface area (Å²) in [5, 5.41) is 0.249. The molecule has 2 aromatic rings. The van der Waals surface area contributed by atoms with Crippen LogP contribution in [0.4, 0.5) is 0 Å². The maximum atomic E-state index is 13.0. The fourth-order valence-corrected chi connectivity index (χ4v) is 5.00. The topological polar surface area (TPSA) is 49.9 Å². The molecule has 1 fully saturated rings. The van der Waals surface area contributed by atoms with E-state index in [1.165, 1.54) is 4.31 Å². The van der Waals surface area contributed by atoms with E-state index in [1.807, 2.05) is 31.3 Å². The minimum atomic E-state index is -3.63. The van der Waals surface area contributed by atoms with Crippen LogP contribution < -0.4 is 4.74 Å². The van der Waals surface area contributed by atoms with Gasteiger partial charge in [0.15, 0.2) is 0 Å². The number of ether oxygens (including phenoxy) is 1. The predicted molar refractivity (Wildman–Crippen MR) is 98.6 cm³/mol. The summed E-state index contributed by atoms with van der Waals surface area (Å²) in [5.41, 5.74) is 1.03. The smallest absolute Gasteiger partial charge is 0.244 e. The van der Waals surface area contributed by atoms with Gasteiger partial charge in [-0.05, 0) is 36.9 Å². The van der Waals surface area contributed by atoms with Crippen molar-refractivity contribution in [3.8, 4) is 5.75 Å². The lowest BCUT2D eigenvalue weighted by atomic mass is 10.0. The number of rotatable bonds is 4. The number of nitrogens with zero attached hydrogens (tertiary/aromatic N) is 2. The van der Waals surface area contributed by atoms with Crippen LogP contribution in [-0.2, 0) is 10.0 Å². The SMILES string of the molecule is COc1cccc(C2CN(S(=O)(=O)c3ccccc3Cl)CCN2C)c1. The average molecular weight is 381 g/mol. The van der Waals surface area contributed by atoms with Crippen molar-refractivity contribution < 1.29 is 13.2 Å². The van der Waals surface area contributed by atoms with Crippen LogP contribution >= 0.6 is 11.6 Å². The minimum absolute atomic E-state index is 0.0406. The van der Waals surface area contributed by atoms with E-state index in [1.54, 1.807) is 31.4 Å². The summed E-state index contributed by atoms with van der Waals surface area (Å²) >= 11 is 6.12. The van der Waals surface area contributed by atoms with E-state index in [4.69, 9.17) is 16.3 Å². The Morgan fingerprint density at radius 1 is 1.12 bits per heavy atom. The molecule has 1 unspecified atom stereocenters. The second-order valence-electron chi connectivity index (χ2n) is 6.07. The Balaban J connectivity index is 1.91. The third kappa shape index (κ3) is 3.67. The van der Waals surface area contributed by atoms with Gasteiger partial charge in [0.05, 0.1) is 12.1 Å². The van der Waals surface area contributed by atoms with Crippen LogP contribution in [0.5, 0.6) is 5.75 Å². The number of likely N-dealkylation sites (N-methyl/N-ethyl adjacent to an activating group) is 1. The molecular weight excluding hydrogens is 360 g/mol. The third-order valence-corrected chi connectivity index (χ3v) is 6.91. The van der Waals surface area contributed by atoms with Crippen LogP contribution in [0.3, 0.4) is 0 Å². The molecule has 0 radical (unpaired) electrons. The number of benzene rings is 2. The Hall–Kier alpha value is -1.60. The molecule has 0 N–H and O–H groups in total. The van der Waals surface area contributed by atoms with Crippen LogP contribution in [0.15, 0.2) is 53.4 Å². The first-order valence-corrected chi connectivity index (χ1v) is 9.84. The summed E-state index contributed by atoms with van der Waals surface area (Å²) in [7, 11) is -0.00281. The van der Waals surface area contributed by atoms with Gasteiger partial charge in [-0.25, -0.2) is 8.42 Å². The van der Waals surface area contributed by atoms with Crippen molar-refractivity contribution in [1.82, 2.24) is 9.21 Å². The molecular formula is C18H21ClN2O3S. The molecule has 3 rings (SSSR count). The Kier molecular flexibility index (Phi) is 5.34. The van der Waals surface area contributed by atoms with E-state index in [9.17, 15) is 8.42 Å². The lowest BCUT2D eigenvalue weighted by molar-refractivity contribution is 0.148. The Bertz CT molecular complexity index is 857. The van der Waals surface area contributed by atoms with Crippen molar-refractivity contribution in [2.75, 3.05) is 33.8 Å². The molecule has 134 valence electrons. The van der Waals surface area contributed by atoms with Gasteiger partial charge in [0.25, 0.3) is 0 Å². The van der Waals surface area contributed by atoms with Crippen molar-refractivity contribution in [3.63, 3.8) is 0 Å². The summed E-state index contributed by atoms with van der Waals surface area (Å²) in [6.07, 6.45) is 0. The molecule has 1 heterocycles. The van der Waals surface area contributed by atoms with Crippen LogP contribution in [0, 0.1) is 0 Å². The summed E-state index contributed by atoms with van der Waals surface area (Å²) in [5.74, 6) is 0.761. The molecule has 2 aromatic carbocycles. The number of hydrogen-bond donors (Lipinski definition) is 0. The highest BCUT2D eigenvalue weighted by molar-refractivity contribution is 7.89. The highest BCUT2D eigenvalue weighted by Gasteiger charge is 2.34. The van der Waals surface area contributed by atoms with Gasteiger partial charge in [-0.1, -0.05) is 35.9 Å². The maximum Gasteiger partial charge on any atom is 0.244 e. The molecule has 5 nitrogen and oxygen atoms in total. The second kappa shape index (κ2) is 7.33. The van der Waals surface area contributed by atoms with Gasteiger partial charge in [-0.2, -0.15) is 4.31 Å². The van der Waals surface area contributed by atoms with Gasteiger partial charge in [-0.15, -0.1) is 0 Å². The quantitative estimate of drug-likeness (QED) is 0.818. The van der Waals surface area contributed by atoms with Crippen LogP contribution in [0.1, 0.15) is 11.6 Å². The van der Waals surface area contributed by atoms with Crippen molar-refractivity contribution in [2.24, 2.45) is 0 Å². The maximum absolute atomic E-state index is 13.0. The normalized spacial score (nSPS) is 19.7. The van der Waals surface area contributed by atoms with E-state index in [-0.39, 0.29) is 16.0 Å². The molecule has 0 bridgehead atoms. The molecule has 25 heavy (non-hydrogen) atoms. The zero-order valence-corrected chi connectivity index (χ0v) is 15.8. The largest absolute Gasteiger partial charge is 0.497 e. The van der Waals surface area contributed by atoms with E-state index < -0.39 is 10.0 Å². The van der Waals surface area contributed by atoms with Crippen molar-refractivity contribution in [3.05, 3.63) is 59.1 Å². The van der Waals surface area contributed by atoms with Crippen molar-refractivity contribution >= 4 is 21.6 Å². The van der Waals surface area contributed by atoms with Gasteiger partial charge in [-0.3, -0.25) is 4.90 Å². The van der Waals surface area contributed by atoms with E-state index >= 15 is 0 Å². The fraction of sp³-hybridized carbons (Fsp3) is 0.333. The molecule has 0 aromatic heterocycles. The first-order valence-electron chi connectivity index (χ1n) is 8.02. The molecule has 1 atom stereocenters. The zero-order chi connectivity index (χ0) is 18.0. The highest BCUT2D eigenvalue weighted by atomic mass is 35.5. The van der Waals surface area contributed by atoms with Gasteiger partial charge >= 0.3 is 0 Å². The monoisotopic (exact) mass is 380 g/mol. The minimum Gasteiger partial charge on any atom is -0.497 e. The molecule has 1 aliphatic heterocycles. The van der Waals surface area contributed by atoms with Gasteiger partial charge < -0.3 is 4.74 Å². The lowest BCUT2D eigenvalue weighted by Crippen LogP contribution is -2.48. The molecule has 0 spiro atoms. The van der Waals surface area contributed by atoms with Gasteiger partial charge in [0.2, 0.25) is 10.0 Å².